The summed E-state index contributed by atoms with van der Waals surface area (Å²) in [4.78, 5) is 29.1. The Kier molecular flexibility index (Phi) is 6.86. The maximum absolute atomic E-state index is 12.9. The van der Waals surface area contributed by atoms with Crippen molar-refractivity contribution in [2.45, 2.75) is 36.6 Å². The lowest BCUT2D eigenvalue weighted by molar-refractivity contribution is -0.138. The van der Waals surface area contributed by atoms with Crippen molar-refractivity contribution in [3.05, 3.63) is 29.3 Å². The lowest BCUT2D eigenvalue weighted by atomic mass is 9.96. The van der Waals surface area contributed by atoms with E-state index >= 15 is 0 Å². The van der Waals surface area contributed by atoms with E-state index < -0.39 is 10.0 Å². The second-order valence-corrected chi connectivity index (χ2v) is 10.9. The van der Waals surface area contributed by atoms with E-state index in [1.54, 1.807) is 12.1 Å². The van der Waals surface area contributed by atoms with E-state index in [1.165, 1.54) is 16.4 Å². The van der Waals surface area contributed by atoms with Crippen LogP contribution in [0.4, 0.5) is 0 Å². The first-order valence-corrected chi connectivity index (χ1v) is 12.7. The molecular formula is C21H29ClN4O4S. The number of piperazine rings is 1. The summed E-state index contributed by atoms with van der Waals surface area (Å²) in [6.07, 6.45) is 3.20. The molecule has 10 heteroatoms. The minimum Gasteiger partial charge on any atom is -0.352 e. The standard InChI is InChI=1S/C21H29ClN4O4S/c22-17-1-5-19(6-2-17)31(29,30)26-9-7-16(8-10-26)21(28)25-13-11-24(12-14-25)15-20(27)23-18-3-4-18/h1-2,5-6,16,18H,3-4,7-15H2,(H,23,27). The lowest BCUT2D eigenvalue weighted by Gasteiger charge is -2.38. The molecule has 0 radical (unpaired) electrons. The molecule has 1 aromatic carbocycles. The Labute approximate surface area is 188 Å². The van der Waals surface area contributed by atoms with Gasteiger partial charge in [-0.2, -0.15) is 4.31 Å². The number of hydrogen-bond acceptors (Lipinski definition) is 5. The molecular weight excluding hydrogens is 440 g/mol. The van der Waals surface area contributed by atoms with Crippen LogP contribution in [-0.4, -0.2) is 86.2 Å². The van der Waals surface area contributed by atoms with Crippen LogP contribution in [0.2, 0.25) is 5.02 Å². The molecule has 2 heterocycles. The average Bonchev–Trinajstić information content (AvgIpc) is 3.58. The first-order chi connectivity index (χ1) is 14.8. The topological polar surface area (TPSA) is 90.0 Å². The Morgan fingerprint density at radius 2 is 1.55 bits per heavy atom. The molecule has 1 N–H and O–H groups in total. The van der Waals surface area contributed by atoms with Crippen LogP contribution in [0, 0.1) is 5.92 Å². The number of nitrogens with zero attached hydrogens (tertiary/aromatic N) is 3. The summed E-state index contributed by atoms with van der Waals surface area (Å²) in [6.45, 7) is 3.66. The molecule has 2 saturated heterocycles. The summed E-state index contributed by atoms with van der Waals surface area (Å²) in [5, 5.41) is 3.49. The van der Waals surface area contributed by atoms with E-state index in [9.17, 15) is 18.0 Å². The van der Waals surface area contributed by atoms with Gasteiger partial charge < -0.3 is 10.2 Å². The zero-order valence-corrected chi connectivity index (χ0v) is 19.1. The van der Waals surface area contributed by atoms with E-state index in [0.717, 1.165) is 12.8 Å². The van der Waals surface area contributed by atoms with Crippen molar-refractivity contribution in [1.82, 2.24) is 19.4 Å². The maximum Gasteiger partial charge on any atom is 0.243 e. The smallest absolute Gasteiger partial charge is 0.243 e. The molecule has 3 fully saturated rings. The zero-order chi connectivity index (χ0) is 22.0. The van der Waals surface area contributed by atoms with E-state index in [0.29, 0.717) is 69.7 Å². The summed E-state index contributed by atoms with van der Waals surface area (Å²) in [5.41, 5.74) is 0. The van der Waals surface area contributed by atoms with Crippen molar-refractivity contribution < 1.29 is 18.0 Å². The van der Waals surface area contributed by atoms with Crippen LogP contribution in [0.25, 0.3) is 0 Å². The van der Waals surface area contributed by atoms with Crippen molar-refractivity contribution >= 4 is 33.4 Å². The number of piperidine rings is 1. The van der Waals surface area contributed by atoms with Crippen molar-refractivity contribution in [1.29, 1.82) is 0 Å². The van der Waals surface area contributed by atoms with Gasteiger partial charge in [-0.15, -0.1) is 0 Å². The fraction of sp³-hybridized carbons (Fsp3) is 0.619. The first-order valence-electron chi connectivity index (χ1n) is 10.9. The highest BCUT2D eigenvalue weighted by atomic mass is 35.5. The van der Waals surface area contributed by atoms with Crippen molar-refractivity contribution in [3.63, 3.8) is 0 Å². The summed E-state index contributed by atoms with van der Waals surface area (Å²) in [7, 11) is -3.57. The first kappa shape index (κ1) is 22.5. The minimum absolute atomic E-state index is 0.0662. The Morgan fingerprint density at radius 3 is 2.13 bits per heavy atom. The molecule has 0 unspecified atom stereocenters. The molecule has 2 aliphatic heterocycles. The van der Waals surface area contributed by atoms with E-state index in [2.05, 4.69) is 10.2 Å². The molecule has 3 aliphatic rings. The molecule has 8 nitrogen and oxygen atoms in total. The number of amides is 2. The molecule has 170 valence electrons. The van der Waals surface area contributed by atoms with Gasteiger partial charge in [0.2, 0.25) is 21.8 Å². The van der Waals surface area contributed by atoms with Crippen LogP contribution < -0.4 is 5.32 Å². The highest BCUT2D eigenvalue weighted by Crippen LogP contribution is 2.26. The number of nitrogens with one attached hydrogen (secondary N) is 1. The number of rotatable bonds is 6. The molecule has 2 amide bonds. The Hall–Kier alpha value is -1.68. The van der Waals surface area contributed by atoms with Crippen molar-refractivity contribution in [2.24, 2.45) is 5.92 Å². The van der Waals surface area contributed by atoms with Crippen LogP contribution in [0.15, 0.2) is 29.2 Å². The average molecular weight is 469 g/mol. The van der Waals surface area contributed by atoms with Crippen LogP contribution in [0.1, 0.15) is 25.7 Å². The summed E-state index contributed by atoms with van der Waals surface area (Å²) in [6, 6.07) is 6.53. The number of benzene rings is 1. The third-order valence-corrected chi connectivity index (χ3v) is 8.41. The molecule has 1 aliphatic carbocycles. The number of hydrogen-bond donors (Lipinski definition) is 1. The molecule has 1 saturated carbocycles. The molecule has 0 aromatic heterocycles. The molecule has 0 bridgehead atoms. The van der Waals surface area contributed by atoms with E-state index in [-0.39, 0.29) is 22.6 Å². The van der Waals surface area contributed by atoms with Gasteiger partial charge in [0.05, 0.1) is 11.4 Å². The Morgan fingerprint density at radius 1 is 0.935 bits per heavy atom. The molecule has 0 spiro atoms. The fourth-order valence-corrected chi connectivity index (χ4v) is 5.78. The van der Waals surface area contributed by atoms with Gasteiger partial charge in [-0.05, 0) is 49.9 Å². The van der Waals surface area contributed by atoms with Gasteiger partial charge >= 0.3 is 0 Å². The normalized spacial score (nSPS) is 21.8. The van der Waals surface area contributed by atoms with Gasteiger partial charge in [0, 0.05) is 56.3 Å². The van der Waals surface area contributed by atoms with Gasteiger partial charge in [0.1, 0.15) is 0 Å². The maximum atomic E-state index is 12.9. The highest BCUT2D eigenvalue weighted by molar-refractivity contribution is 7.89. The summed E-state index contributed by atoms with van der Waals surface area (Å²) < 4.78 is 27.1. The van der Waals surface area contributed by atoms with Crippen molar-refractivity contribution in [3.8, 4) is 0 Å². The molecule has 0 atom stereocenters. The third-order valence-electron chi connectivity index (χ3n) is 6.25. The van der Waals surface area contributed by atoms with Gasteiger partial charge in [0.15, 0.2) is 0 Å². The third kappa shape index (κ3) is 5.58. The second kappa shape index (κ2) is 9.44. The fourth-order valence-electron chi connectivity index (χ4n) is 4.19. The number of sulfonamides is 1. The van der Waals surface area contributed by atoms with Crippen LogP contribution in [0.3, 0.4) is 0 Å². The highest BCUT2D eigenvalue weighted by Gasteiger charge is 2.35. The van der Waals surface area contributed by atoms with Gasteiger partial charge in [-0.3, -0.25) is 14.5 Å². The predicted octanol–water partition coefficient (Wildman–Crippen LogP) is 1.16. The molecule has 31 heavy (non-hydrogen) atoms. The SMILES string of the molecule is O=C(CN1CCN(C(=O)C2CCN(S(=O)(=O)c3ccc(Cl)cc3)CC2)CC1)NC1CC1. The van der Waals surface area contributed by atoms with Gasteiger partial charge in [0.25, 0.3) is 0 Å². The lowest BCUT2D eigenvalue weighted by Crippen LogP contribution is -2.53. The number of carbonyl (C=O) groups excluding carboxylic acids is 2. The van der Waals surface area contributed by atoms with Crippen LogP contribution in [-0.2, 0) is 19.6 Å². The Balaban J connectivity index is 1.24. The minimum atomic E-state index is -3.57. The van der Waals surface area contributed by atoms with Crippen LogP contribution >= 0.6 is 11.6 Å². The largest absolute Gasteiger partial charge is 0.352 e. The molecule has 1 aromatic rings. The second-order valence-electron chi connectivity index (χ2n) is 8.58. The van der Waals surface area contributed by atoms with Gasteiger partial charge in [-0.1, -0.05) is 11.6 Å². The summed E-state index contributed by atoms with van der Waals surface area (Å²) in [5.74, 6) is 0.0172. The zero-order valence-electron chi connectivity index (χ0n) is 17.5. The number of carbonyl (C=O) groups is 2. The van der Waals surface area contributed by atoms with Crippen LogP contribution in [0.5, 0.6) is 0 Å². The monoisotopic (exact) mass is 468 g/mol. The number of halogens is 1. The predicted molar refractivity (Wildman–Crippen MR) is 117 cm³/mol. The van der Waals surface area contributed by atoms with E-state index in [4.69, 9.17) is 11.6 Å². The quantitative estimate of drug-likeness (QED) is 0.676. The Bertz CT molecular complexity index is 904. The molecule has 4 rings (SSSR count). The summed E-state index contributed by atoms with van der Waals surface area (Å²) >= 11 is 5.86. The van der Waals surface area contributed by atoms with E-state index in [1.807, 2.05) is 4.90 Å². The van der Waals surface area contributed by atoms with Gasteiger partial charge in [-0.25, -0.2) is 8.42 Å². The van der Waals surface area contributed by atoms with Crippen molar-refractivity contribution in [2.75, 3.05) is 45.8 Å².